The maximum atomic E-state index is 9.38. The lowest BCUT2D eigenvalue weighted by Crippen LogP contribution is -2.35. The quantitative estimate of drug-likeness (QED) is 0.861. The first kappa shape index (κ1) is 16.3. The molecule has 25 heavy (non-hydrogen) atoms. The Labute approximate surface area is 149 Å². The Hall–Kier alpha value is -2.16. The van der Waals surface area contributed by atoms with E-state index in [1.165, 1.54) is 31.6 Å². The average molecular weight is 335 g/mol. The molecule has 0 spiro atoms. The average Bonchev–Trinajstić information content (AvgIpc) is 3.25. The lowest BCUT2D eigenvalue weighted by molar-refractivity contribution is 0.182. The highest BCUT2D eigenvalue weighted by Gasteiger charge is 2.25. The van der Waals surface area contributed by atoms with Crippen LogP contribution < -0.4 is 0 Å². The van der Waals surface area contributed by atoms with Gasteiger partial charge in [-0.2, -0.15) is 10.4 Å². The molecule has 0 bridgehead atoms. The summed E-state index contributed by atoms with van der Waals surface area (Å²) in [5.74, 6) is 0.577. The van der Waals surface area contributed by atoms with Gasteiger partial charge in [0.25, 0.3) is 0 Å². The Morgan fingerprint density at radius 3 is 2.76 bits per heavy atom. The van der Waals surface area contributed by atoms with Crippen LogP contribution in [0.5, 0.6) is 0 Å². The van der Waals surface area contributed by atoms with E-state index in [9.17, 15) is 5.26 Å². The van der Waals surface area contributed by atoms with Gasteiger partial charge in [-0.25, -0.2) is 0 Å². The molecule has 5 nitrogen and oxygen atoms in total. The maximum Gasteiger partial charge on any atom is 0.0995 e. The van der Waals surface area contributed by atoms with Crippen LogP contribution in [0.3, 0.4) is 0 Å². The normalized spacial score (nSPS) is 21.6. The summed E-state index contributed by atoms with van der Waals surface area (Å²) in [6.07, 6.45) is 4.58. The molecular weight excluding hydrogens is 310 g/mol. The molecule has 0 amide bonds. The number of hydrogen-bond acceptors (Lipinski definition) is 4. The van der Waals surface area contributed by atoms with Gasteiger partial charge in [-0.05, 0) is 43.6 Å². The highest BCUT2D eigenvalue weighted by molar-refractivity contribution is 5.37. The number of likely N-dealkylation sites (tertiary alicyclic amines) is 1. The van der Waals surface area contributed by atoms with Crippen LogP contribution in [0, 0.1) is 17.2 Å². The first-order valence-corrected chi connectivity index (χ1v) is 9.25. The molecule has 5 heteroatoms. The van der Waals surface area contributed by atoms with E-state index < -0.39 is 0 Å². The fraction of sp³-hybridized carbons (Fsp3) is 0.500. The topological polar surface area (TPSA) is 48.1 Å². The molecule has 2 aliphatic rings. The summed E-state index contributed by atoms with van der Waals surface area (Å²) in [4.78, 5) is 5.08. The maximum absolute atomic E-state index is 9.38. The zero-order chi connectivity index (χ0) is 17.1. The van der Waals surface area contributed by atoms with Gasteiger partial charge in [-0.1, -0.05) is 18.2 Å². The van der Waals surface area contributed by atoms with Crippen molar-refractivity contribution in [3.05, 3.63) is 53.3 Å². The van der Waals surface area contributed by atoms with Crippen LogP contribution >= 0.6 is 0 Å². The van der Waals surface area contributed by atoms with Crippen LogP contribution in [0.2, 0.25) is 0 Å². The highest BCUT2D eigenvalue weighted by Crippen LogP contribution is 2.21. The molecule has 4 rings (SSSR count). The zero-order valence-corrected chi connectivity index (χ0v) is 14.6. The second kappa shape index (κ2) is 7.38. The van der Waals surface area contributed by atoms with Crippen molar-refractivity contribution in [2.24, 2.45) is 5.92 Å². The van der Waals surface area contributed by atoms with Crippen molar-refractivity contribution >= 4 is 0 Å². The SMILES string of the molecule is N#Cc1ccccc1CN1Cc2ccnn2C[C@H](CN2CCCC2)C1. The Bertz CT molecular complexity index is 753. The minimum absolute atomic E-state index is 0.577. The summed E-state index contributed by atoms with van der Waals surface area (Å²) in [6, 6.07) is 12.4. The summed E-state index contributed by atoms with van der Waals surface area (Å²) in [5.41, 5.74) is 3.19. The molecule has 3 heterocycles. The summed E-state index contributed by atoms with van der Waals surface area (Å²) >= 11 is 0. The molecule has 1 fully saturated rings. The molecule has 1 aromatic heterocycles. The van der Waals surface area contributed by atoms with Crippen molar-refractivity contribution in [2.45, 2.75) is 32.5 Å². The van der Waals surface area contributed by atoms with E-state index in [0.717, 1.165) is 43.9 Å². The molecule has 0 aliphatic carbocycles. The van der Waals surface area contributed by atoms with E-state index in [2.05, 4.69) is 37.8 Å². The van der Waals surface area contributed by atoms with Gasteiger partial charge >= 0.3 is 0 Å². The molecule has 1 atom stereocenters. The van der Waals surface area contributed by atoms with Crippen LogP contribution in [-0.4, -0.2) is 45.8 Å². The number of rotatable bonds is 4. The van der Waals surface area contributed by atoms with Crippen LogP contribution in [-0.2, 0) is 19.6 Å². The minimum Gasteiger partial charge on any atom is -0.303 e. The standard InChI is InChI=1S/C20H25N5/c21-11-18-5-1-2-6-19(18)15-24-13-17(12-23-9-3-4-10-23)14-25-20(16-24)7-8-22-25/h1-2,5-8,17H,3-4,9-10,12-16H2/t17-/m1/s1. The molecule has 0 unspecified atom stereocenters. The predicted molar refractivity (Wildman–Crippen MR) is 96.7 cm³/mol. The molecular formula is C20H25N5. The molecule has 1 aromatic carbocycles. The Kier molecular flexibility index (Phi) is 4.82. The number of aromatic nitrogens is 2. The van der Waals surface area contributed by atoms with Gasteiger partial charge in [-0.3, -0.25) is 9.58 Å². The van der Waals surface area contributed by atoms with Crippen molar-refractivity contribution < 1.29 is 0 Å². The Morgan fingerprint density at radius 1 is 1.08 bits per heavy atom. The van der Waals surface area contributed by atoms with E-state index in [-0.39, 0.29) is 0 Å². The van der Waals surface area contributed by atoms with Gasteiger partial charge in [0.1, 0.15) is 0 Å². The Morgan fingerprint density at radius 2 is 1.92 bits per heavy atom. The summed E-state index contributed by atoms with van der Waals surface area (Å²) < 4.78 is 2.18. The summed E-state index contributed by atoms with van der Waals surface area (Å²) in [5, 5.41) is 13.9. The molecule has 0 saturated carbocycles. The van der Waals surface area contributed by atoms with Gasteiger partial charge in [-0.15, -0.1) is 0 Å². The number of nitrogens with zero attached hydrogens (tertiary/aromatic N) is 5. The number of hydrogen-bond donors (Lipinski definition) is 0. The monoisotopic (exact) mass is 335 g/mol. The van der Waals surface area contributed by atoms with Gasteiger partial charge in [0.05, 0.1) is 17.3 Å². The van der Waals surface area contributed by atoms with E-state index in [1.807, 2.05) is 24.4 Å². The lowest BCUT2D eigenvalue weighted by Gasteiger charge is -2.27. The third-order valence-corrected chi connectivity index (χ3v) is 5.38. The molecule has 1 saturated heterocycles. The largest absolute Gasteiger partial charge is 0.303 e. The second-order valence-corrected chi connectivity index (χ2v) is 7.32. The van der Waals surface area contributed by atoms with Crippen molar-refractivity contribution in [2.75, 3.05) is 26.2 Å². The third-order valence-electron chi connectivity index (χ3n) is 5.38. The van der Waals surface area contributed by atoms with Crippen LogP contribution in [0.25, 0.3) is 0 Å². The molecule has 0 radical (unpaired) electrons. The van der Waals surface area contributed by atoms with E-state index in [0.29, 0.717) is 5.92 Å². The minimum atomic E-state index is 0.577. The summed E-state index contributed by atoms with van der Waals surface area (Å²) in [7, 11) is 0. The third kappa shape index (κ3) is 3.76. The van der Waals surface area contributed by atoms with Crippen LogP contribution in [0.4, 0.5) is 0 Å². The first-order valence-electron chi connectivity index (χ1n) is 9.25. The second-order valence-electron chi connectivity index (χ2n) is 7.32. The smallest absolute Gasteiger partial charge is 0.0995 e. The molecule has 130 valence electrons. The first-order chi connectivity index (χ1) is 12.3. The number of nitriles is 1. The lowest BCUT2D eigenvalue weighted by atomic mass is 10.1. The van der Waals surface area contributed by atoms with E-state index >= 15 is 0 Å². The highest BCUT2D eigenvalue weighted by atomic mass is 15.3. The van der Waals surface area contributed by atoms with Crippen molar-refractivity contribution in [1.82, 2.24) is 19.6 Å². The van der Waals surface area contributed by atoms with E-state index in [4.69, 9.17) is 0 Å². The van der Waals surface area contributed by atoms with Crippen molar-refractivity contribution in [3.63, 3.8) is 0 Å². The van der Waals surface area contributed by atoms with Gasteiger partial charge in [0, 0.05) is 44.8 Å². The van der Waals surface area contributed by atoms with Crippen LogP contribution in [0.15, 0.2) is 36.5 Å². The zero-order valence-electron chi connectivity index (χ0n) is 14.6. The van der Waals surface area contributed by atoms with Gasteiger partial charge in [0.2, 0.25) is 0 Å². The van der Waals surface area contributed by atoms with E-state index in [1.54, 1.807) is 0 Å². The molecule has 2 aromatic rings. The predicted octanol–water partition coefficient (Wildman–Crippen LogP) is 2.48. The number of fused-ring (bicyclic) bond motifs is 1. The molecule has 0 N–H and O–H groups in total. The number of benzene rings is 1. The van der Waals surface area contributed by atoms with Crippen molar-refractivity contribution in [3.8, 4) is 6.07 Å². The Balaban J connectivity index is 1.53. The fourth-order valence-electron chi connectivity index (χ4n) is 4.19. The van der Waals surface area contributed by atoms with Gasteiger partial charge < -0.3 is 4.90 Å². The van der Waals surface area contributed by atoms with Gasteiger partial charge in [0.15, 0.2) is 0 Å². The van der Waals surface area contributed by atoms with Crippen LogP contribution in [0.1, 0.15) is 29.7 Å². The van der Waals surface area contributed by atoms with Crippen molar-refractivity contribution in [1.29, 1.82) is 5.26 Å². The summed E-state index contributed by atoms with van der Waals surface area (Å²) in [6.45, 7) is 7.39. The fourth-order valence-corrected chi connectivity index (χ4v) is 4.19. The molecule has 2 aliphatic heterocycles.